The van der Waals surface area contributed by atoms with Gasteiger partial charge in [0.25, 0.3) is 0 Å². The maximum Gasteiger partial charge on any atom is 0.160 e. The Morgan fingerprint density at radius 3 is 1.72 bits per heavy atom. The minimum absolute atomic E-state index is 0.227. The van der Waals surface area contributed by atoms with E-state index in [1.165, 1.54) is 38.5 Å². The maximum atomic E-state index is 6.50. The van der Waals surface area contributed by atoms with Gasteiger partial charge in [-0.2, -0.15) is 0 Å². The molecule has 1 aliphatic carbocycles. The predicted octanol–water partition coefficient (Wildman–Crippen LogP) is 14.7. The quantitative estimate of drug-likeness (QED) is 0.179. The molecule has 4 heterocycles. The fourth-order valence-electron chi connectivity index (χ4n) is 9.82. The van der Waals surface area contributed by atoms with Gasteiger partial charge in [0, 0.05) is 60.1 Å². The number of benzene rings is 8. The highest BCUT2D eigenvalue weighted by Gasteiger charge is 2.37. The van der Waals surface area contributed by atoms with Crippen LogP contribution in [0.4, 0.5) is 0 Å². The van der Waals surface area contributed by atoms with Crippen LogP contribution in [0.25, 0.3) is 116 Å². The molecular weight excluding hydrogens is 735 g/mol. The van der Waals surface area contributed by atoms with Crippen LogP contribution in [0.5, 0.6) is 0 Å². The van der Waals surface area contributed by atoms with E-state index in [9.17, 15) is 0 Å². The zero-order chi connectivity index (χ0) is 39.7. The Kier molecular flexibility index (Phi) is 6.72. The van der Waals surface area contributed by atoms with Gasteiger partial charge in [0.2, 0.25) is 0 Å². The van der Waals surface area contributed by atoms with E-state index in [0.717, 1.165) is 83.2 Å². The van der Waals surface area contributed by atoms with Crippen LogP contribution in [0.15, 0.2) is 185 Å². The summed E-state index contributed by atoms with van der Waals surface area (Å²) < 4.78 is 15.3. The molecule has 0 radical (unpaired) electrons. The Morgan fingerprint density at radius 1 is 0.400 bits per heavy atom. The van der Waals surface area contributed by atoms with Crippen molar-refractivity contribution < 1.29 is 8.83 Å². The molecule has 60 heavy (non-hydrogen) atoms. The van der Waals surface area contributed by atoms with E-state index in [0.29, 0.717) is 5.82 Å². The summed E-state index contributed by atoms with van der Waals surface area (Å²) in [6.07, 6.45) is 0. The number of para-hydroxylation sites is 2. The van der Waals surface area contributed by atoms with E-state index in [-0.39, 0.29) is 5.41 Å². The van der Waals surface area contributed by atoms with Crippen molar-refractivity contribution in [2.75, 3.05) is 0 Å². The molecule has 0 saturated carbocycles. The topological polar surface area (TPSA) is 57.0 Å². The molecule has 0 unspecified atom stereocenters. The van der Waals surface area contributed by atoms with Crippen LogP contribution in [0.2, 0.25) is 0 Å². The highest BCUT2D eigenvalue weighted by atomic mass is 16.3. The monoisotopic (exact) mass is 769 g/mol. The Hall–Kier alpha value is -7.76. The van der Waals surface area contributed by atoms with Gasteiger partial charge in [-0.05, 0) is 101 Å². The van der Waals surface area contributed by atoms with E-state index in [4.69, 9.17) is 18.8 Å². The molecule has 12 aromatic rings. The number of hydrogen-bond acceptors (Lipinski definition) is 4. The third-order valence-electron chi connectivity index (χ3n) is 12.8. The van der Waals surface area contributed by atoms with Gasteiger partial charge >= 0.3 is 0 Å². The van der Waals surface area contributed by atoms with Crippen LogP contribution in [0.1, 0.15) is 25.0 Å². The number of nitrogens with zero attached hydrogens (tertiary/aromatic N) is 3. The molecule has 0 amide bonds. The molecule has 0 atom stereocenters. The van der Waals surface area contributed by atoms with Crippen LogP contribution < -0.4 is 0 Å². The second-order valence-corrected chi connectivity index (χ2v) is 16.6. The molecule has 4 aromatic heterocycles. The third kappa shape index (κ3) is 4.74. The summed E-state index contributed by atoms with van der Waals surface area (Å²) in [6.45, 7) is 4.68. The molecule has 0 aliphatic heterocycles. The first-order chi connectivity index (χ1) is 29.5. The maximum absolute atomic E-state index is 6.50. The standard InChI is InChI=1S/C55H35N3O2/c1-55(2)44-29-49-40(27-38(44)39-28-43-37-18-10-12-20-50(37)60-53(43)30-45(39)55)36-17-9-11-19-48(36)58(49)35-22-24-52-42(26-35)41-25-34(21-23-51(41)59-52)54-56-46(32-13-5-3-6-14-32)31-47(57-54)33-15-7-4-8-16-33/h3-31H,1-2H3. The van der Waals surface area contributed by atoms with Crippen LogP contribution in [0, 0.1) is 0 Å². The molecule has 8 aromatic carbocycles. The average Bonchev–Trinajstić information content (AvgIpc) is 4.01. The van der Waals surface area contributed by atoms with Crippen molar-refractivity contribution in [3.63, 3.8) is 0 Å². The minimum atomic E-state index is -0.227. The summed E-state index contributed by atoms with van der Waals surface area (Å²) in [7, 11) is 0. The van der Waals surface area contributed by atoms with Crippen molar-refractivity contribution in [3.05, 3.63) is 187 Å². The molecule has 13 rings (SSSR count). The fraction of sp³-hybridized carbons (Fsp3) is 0.0545. The lowest BCUT2D eigenvalue weighted by Gasteiger charge is -2.21. The fourth-order valence-corrected chi connectivity index (χ4v) is 9.82. The van der Waals surface area contributed by atoms with Gasteiger partial charge in [-0.1, -0.05) is 111 Å². The van der Waals surface area contributed by atoms with Crippen molar-refractivity contribution in [2.45, 2.75) is 19.3 Å². The summed E-state index contributed by atoms with van der Waals surface area (Å²) in [5.41, 5.74) is 16.7. The highest BCUT2D eigenvalue weighted by molar-refractivity contribution is 6.14. The lowest BCUT2D eigenvalue weighted by atomic mass is 9.82. The zero-order valence-electron chi connectivity index (χ0n) is 32.9. The Morgan fingerprint density at radius 2 is 0.967 bits per heavy atom. The van der Waals surface area contributed by atoms with E-state index < -0.39 is 0 Å². The van der Waals surface area contributed by atoms with Crippen LogP contribution in [0.3, 0.4) is 0 Å². The summed E-state index contributed by atoms with van der Waals surface area (Å²) in [6, 6.07) is 62.2. The summed E-state index contributed by atoms with van der Waals surface area (Å²) >= 11 is 0. The third-order valence-corrected chi connectivity index (χ3v) is 12.8. The van der Waals surface area contributed by atoms with Crippen molar-refractivity contribution in [3.8, 4) is 50.7 Å². The van der Waals surface area contributed by atoms with Crippen LogP contribution in [-0.4, -0.2) is 14.5 Å². The molecular formula is C55H35N3O2. The number of fused-ring (bicyclic) bond motifs is 12. The Bertz CT molecular complexity index is 3680. The number of furan rings is 2. The molecule has 0 fully saturated rings. The smallest absolute Gasteiger partial charge is 0.160 e. The minimum Gasteiger partial charge on any atom is -0.456 e. The first kappa shape index (κ1) is 33.2. The summed E-state index contributed by atoms with van der Waals surface area (Å²) in [5, 5.41) is 6.83. The molecule has 1 aliphatic rings. The molecule has 0 spiro atoms. The van der Waals surface area contributed by atoms with E-state index in [1.807, 2.05) is 48.5 Å². The van der Waals surface area contributed by atoms with Crippen LogP contribution in [-0.2, 0) is 5.41 Å². The summed E-state index contributed by atoms with van der Waals surface area (Å²) in [4.78, 5) is 10.3. The van der Waals surface area contributed by atoms with Gasteiger partial charge in [-0.25, -0.2) is 9.97 Å². The van der Waals surface area contributed by atoms with Crippen molar-refractivity contribution in [2.24, 2.45) is 0 Å². The van der Waals surface area contributed by atoms with Gasteiger partial charge in [0.15, 0.2) is 5.82 Å². The van der Waals surface area contributed by atoms with Gasteiger partial charge in [0.05, 0.1) is 22.4 Å². The lowest BCUT2D eigenvalue weighted by molar-refractivity contribution is 0.647. The predicted molar refractivity (Wildman–Crippen MR) is 245 cm³/mol. The molecule has 5 nitrogen and oxygen atoms in total. The molecule has 5 heteroatoms. The normalized spacial score (nSPS) is 13.3. The molecule has 0 bridgehead atoms. The Labute approximate surface area is 344 Å². The van der Waals surface area contributed by atoms with Crippen molar-refractivity contribution >= 4 is 65.7 Å². The first-order valence-electron chi connectivity index (χ1n) is 20.5. The zero-order valence-corrected chi connectivity index (χ0v) is 32.9. The largest absolute Gasteiger partial charge is 0.456 e. The molecule has 282 valence electrons. The van der Waals surface area contributed by atoms with Crippen molar-refractivity contribution in [1.29, 1.82) is 0 Å². The van der Waals surface area contributed by atoms with Crippen molar-refractivity contribution in [1.82, 2.24) is 14.5 Å². The van der Waals surface area contributed by atoms with Gasteiger partial charge < -0.3 is 13.4 Å². The first-order valence-corrected chi connectivity index (χ1v) is 20.5. The Balaban J connectivity index is 0.991. The average molecular weight is 770 g/mol. The SMILES string of the molecule is CC1(C)c2cc3oc4ccccc4c3cc2-c2cc3c4ccccc4n(-c4ccc5oc6ccc(-c7nc(-c8ccccc8)cc(-c8ccccc8)n7)cc6c5c4)c3cc21. The second-order valence-electron chi connectivity index (χ2n) is 16.6. The van der Waals surface area contributed by atoms with E-state index in [1.54, 1.807) is 0 Å². The van der Waals surface area contributed by atoms with E-state index >= 15 is 0 Å². The molecule has 0 N–H and O–H groups in total. The second kappa shape index (κ2) is 12.1. The molecule has 0 saturated heterocycles. The number of aromatic nitrogens is 3. The van der Waals surface area contributed by atoms with Crippen LogP contribution >= 0.6 is 0 Å². The van der Waals surface area contributed by atoms with Gasteiger partial charge in [-0.3, -0.25) is 0 Å². The summed E-state index contributed by atoms with van der Waals surface area (Å²) in [5.74, 6) is 0.670. The van der Waals surface area contributed by atoms with E-state index in [2.05, 4.69) is 146 Å². The van der Waals surface area contributed by atoms with Gasteiger partial charge in [0.1, 0.15) is 22.3 Å². The lowest BCUT2D eigenvalue weighted by Crippen LogP contribution is -2.15. The van der Waals surface area contributed by atoms with Gasteiger partial charge in [-0.15, -0.1) is 0 Å². The highest BCUT2D eigenvalue weighted by Crippen LogP contribution is 2.53. The number of rotatable bonds is 4. The number of hydrogen-bond donors (Lipinski definition) is 0.